The second kappa shape index (κ2) is 5.66. The fourth-order valence-corrected chi connectivity index (χ4v) is 0.642. The van der Waals surface area contributed by atoms with Crippen LogP contribution in [-0.4, -0.2) is 24.6 Å². The zero-order valence-electron chi connectivity index (χ0n) is 8.42. The highest BCUT2D eigenvalue weighted by Gasteiger charge is 2.49. The predicted molar refractivity (Wildman–Crippen MR) is 34.5 cm³/mol. The monoisotopic (exact) mass is 314 g/mol. The van der Waals surface area contributed by atoms with Crippen molar-refractivity contribution >= 4 is 0 Å². The van der Waals surface area contributed by atoms with Gasteiger partial charge in [0.25, 0.3) is 0 Å². The van der Waals surface area contributed by atoms with Crippen molar-refractivity contribution in [3.8, 4) is 0 Å². The van der Waals surface area contributed by atoms with Crippen molar-refractivity contribution in [1.29, 1.82) is 0 Å². The molecule has 116 valence electrons. The molecule has 0 saturated carbocycles. The quantitative estimate of drug-likeness (QED) is 0.422. The van der Waals surface area contributed by atoms with Gasteiger partial charge in [-0.15, -0.1) is 9.78 Å². The van der Waals surface area contributed by atoms with Crippen LogP contribution in [0.25, 0.3) is 0 Å². The summed E-state index contributed by atoms with van der Waals surface area (Å²) in [5.41, 5.74) is 0. The molecular formula is C6H4F10O3. The summed E-state index contributed by atoms with van der Waals surface area (Å²) < 4.78 is 118. The van der Waals surface area contributed by atoms with Crippen LogP contribution in [0.15, 0.2) is 0 Å². The van der Waals surface area contributed by atoms with E-state index in [0.29, 0.717) is 0 Å². The van der Waals surface area contributed by atoms with E-state index in [1.807, 2.05) is 0 Å². The zero-order chi connectivity index (χ0) is 15.5. The molecule has 0 aromatic carbocycles. The third-order valence-corrected chi connectivity index (χ3v) is 1.12. The molecule has 0 atom stereocenters. The summed E-state index contributed by atoms with van der Waals surface area (Å²) in [6, 6.07) is 0. The van der Waals surface area contributed by atoms with E-state index < -0.39 is 37.4 Å². The van der Waals surface area contributed by atoms with E-state index in [2.05, 4.69) is 14.8 Å². The van der Waals surface area contributed by atoms with Gasteiger partial charge in [-0.3, -0.25) is 0 Å². The van der Waals surface area contributed by atoms with E-state index in [-0.39, 0.29) is 0 Å². The first-order valence-corrected chi connectivity index (χ1v) is 4.05. The van der Waals surface area contributed by atoms with Gasteiger partial charge < -0.3 is 0 Å². The average Bonchev–Trinajstić information content (AvgIpc) is 1.90. The topological polar surface area (TPSA) is 27.7 Å². The van der Waals surface area contributed by atoms with Crippen molar-refractivity contribution in [2.45, 2.75) is 37.4 Å². The van der Waals surface area contributed by atoms with Gasteiger partial charge >= 0.3 is 24.6 Å². The Morgan fingerprint density at radius 2 is 0.789 bits per heavy atom. The summed E-state index contributed by atoms with van der Waals surface area (Å²) in [5.74, 6) is 0. The number of hydrogen-bond acceptors (Lipinski definition) is 3. The molecule has 3 nitrogen and oxygen atoms in total. The van der Waals surface area contributed by atoms with Crippen LogP contribution in [0.3, 0.4) is 0 Å². The highest BCUT2D eigenvalue weighted by atomic mass is 19.4. The van der Waals surface area contributed by atoms with Crippen LogP contribution < -0.4 is 0 Å². The van der Waals surface area contributed by atoms with Gasteiger partial charge in [-0.25, -0.2) is 0 Å². The van der Waals surface area contributed by atoms with Gasteiger partial charge in [0.05, 0.1) is 0 Å². The van der Waals surface area contributed by atoms with E-state index in [1.165, 1.54) is 0 Å². The Kier molecular flexibility index (Phi) is 5.42. The fourth-order valence-electron chi connectivity index (χ4n) is 0.642. The van der Waals surface area contributed by atoms with E-state index in [1.54, 1.807) is 0 Å². The highest BCUT2D eigenvalue weighted by molar-refractivity contribution is 4.59. The molecular weight excluding hydrogens is 310 g/mol. The summed E-state index contributed by atoms with van der Waals surface area (Å²) in [6.45, 7) is 0. The summed E-state index contributed by atoms with van der Waals surface area (Å²) >= 11 is 0. The first-order chi connectivity index (χ1) is 8.12. The molecule has 0 unspecified atom stereocenters. The predicted octanol–water partition coefficient (Wildman–Crippen LogP) is 3.96. The molecule has 0 saturated heterocycles. The minimum atomic E-state index is -5.43. The largest absolute Gasteiger partial charge is 0.397 e. The van der Waals surface area contributed by atoms with Crippen LogP contribution in [0, 0.1) is 0 Å². The van der Waals surface area contributed by atoms with Gasteiger partial charge in [-0.1, -0.05) is 5.04 Å². The second-order valence-electron chi connectivity index (χ2n) is 3.09. The molecule has 0 aliphatic carbocycles. The van der Waals surface area contributed by atoms with Crippen molar-refractivity contribution in [2.75, 3.05) is 0 Å². The van der Waals surface area contributed by atoms with Gasteiger partial charge in [-0.05, 0) is 0 Å². The molecule has 0 aromatic rings. The summed E-state index contributed by atoms with van der Waals surface area (Å²) in [4.78, 5) is 5.07. The lowest BCUT2D eigenvalue weighted by molar-refractivity contribution is -0.630. The summed E-state index contributed by atoms with van der Waals surface area (Å²) in [5, 5.41) is 2.55. The second-order valence-corrected chi connectivity index (χ2v) is 3.09. The molecule has 0 aliphatic heterocycles. The van der Waals surface area contributed by atoms with Crippen LogP contribution in [-0.2, 0) is 14.8 Å². The molecule has 0 aromatic heterocycles. The molecule has 0 rings (SSSR count). The molecule has 13 heteroatoms. The Morgan fingerprint density at radius 3 is 1.00 bits per heavy atom. The molecule has 0 radical (unpaired) electrons. The van der Waals surface area contributed by atoms with Crippen LogP contribution in [0.5, 0.6) is 0 Å². The highest BCUT2D eigenvalue weighted by Crippen LogP contribution is 2.35. The van der Waals surface area contributed by atoms with E-state index in [4.69, 9.17) is 0 Å². The van der Waals surface area contributed by atoms with Crippen LogP contribution in [0.2, 0.25) is 0 Å². The first kappa shape index (κ1) is 18.2. The standard InChI is InChI=1S/C6H4F10O3/c7-3(8,9)1-5(13,14)17-19-18-6(15,16)2-4(10,11)12/h1-2H2. The number of halogens is 10. The Hall–Kier alpha value is -0.820. The van der Waals surface area contributed by atoms with Crippen molar-refractivity contribution in [1.82, 2.24) is 0 Å². The molecule has 0 aliphatic rings. The minimum absolute atomic E-state index is 2.53. The molecule has 0 heterocycles. The Labute approximate surface area is 97.4 Å². The van der Waals surface area contributed by atoms with E-state index in [0.717, 1.165) is 0 Å². The minimum Gasteiger partial charge on any atom is -0.173 e. The first-order valence-electron chi connectivity index (χ1n) is 4.05. The van der Waals surface area contributed by atoms with E-state index >= 15 is 0 Å². The van der Waals surface area contributed by atoms with Crippen molar-refractivity contribution in [3.63, 3.8) is 0 Å². The fraction of sp³-hybridized carbons (Fsp3) is 1.00. The van der Waals surface area contributed by atoms with Gasteiger partial charge in [0.15, 0.2) is 0 Å². The molecule has 19 heavy (non-hydrogen) atoms. The normalized spacial score (nSPS) is 14.8. The van der Waals surface area contributed by atoms with Crippen LogP contribution in [0.4, 0.5) is 43.9 Å². The van der Waals surface area contributed by atoms with Crippen molar-refractivity contribution in [3.05, 3.63) is 0 Å². The maximum atomic E-state index is 12.2. The van der Waals surface area contributed by atoms with Crippen LogP contribution >= 0.6 is 0 Å². The Balaban J connectivity index is 4.21. The summed E-state index contributed by atoms with van der Waals surface area (Å²) in [6.07, 6.45) is -26.9. The third kappa shape index (κ3) is 10.8. The molecule has 0 bridgehead atoms. The average molecular weight is 314 g/mol. The third-order valence-electron chi connectivity index (χ3n) is 1.12. The molecule has 0 spiro atoms. The number of hydrogen-bond donors (Lipinski definition) is 0. The van der Waals surface area contributed by atoms with E-state index in [9.17, 15) is 43.9 Å². The lowest BCUT2D eigenvalue weighted by Gasteiger charge is -2.19. The zero-order valence-corrected chi connectivity index (χ0v) is 8.42. The number of rotatable bonds is 6. The SMILES string of the molecule is FC(F)(F)CC(F)(F)OOOC(F)(F)CC(F)(F)F. The van der Waals surface area contributed by atoms with Gasteiger partial charge in [-0.2, -0.15) is 43.9 Å². The maximum absolute atomic E-state index is 12.2. The smallest absolute Gasteiger partial charge is 0.173 e. The Bertz CT molecular complexity index is 254. The molecule has 0 amide bonds. The lowest BCUT2D eigenvalue weighted by atomic mass is 10.4. The summed E-state index contributed by atoms with van der Waals surface area (Å²) in [7, 11) is 0. The Morgan fingerprint density at radius 1 is 0.526 bits per heavy atom. The molecule has 0 N–H and O–H groups in total. The van der Waals surface area contributed by atoms with Crippen LogP contribution in [0.1, 0.15) is 12.8 Å². The van der Waals surface area contributed by atoms with Gasteiger partial charge in [0.2, 0.25) is 0 Å². The van der Waals surface area contributed by atoms with Gasteiger partial charge in [0.1, 0.15) is 12.8 Å². The van der Waals surface area contributed by atoms with Crippen molar-refractivity contribution < 1.29 is 58.7 Å². The van der Waals surface area contributed by atoms with Crippen molar-refractivity contribution in [2.24, 2.45) is 0 Å². The molecule has 0 fully saturated rings. The lowest BCUT2D eigenvalue weighted by Crippen LogP contribution is -2.33. The number of alkyl halides is 10. The van der Waals surface area contributed by atoms with Gasteiger partial charge in [0, 0.05) is 0 Å². The maximum Gasteiger partial charge on any atom is 0.397 e.